The summed E-state index contributed by atoms with van der Waals surface area (Å²) in [5.74, 6) is -2.75. The van der Waals surface area contributed by atoms with Crippen LogP contribution in [0, 0.1) is 11.8 Å². The molecule has 224 valence electrons. The average molecular weight is 578 g/mol. The molecule has 4 aliphatic rings. The highest BCUT2D eigenvalue weighted by Gasteiger charge is 2.75. The molecule has 11 nitrogen and oxygen atoms in total. The Bertz CT molecular complexity index is 1410. The van der Waals surface area contributed by atoms with Crippen LogP contribution in [0.5, 0.6) is 0 Å². The molecule has 2 aromatic rings. The van der Waals surface area contributed by atoms with Gasteiger partial charge in [-0.2, -0.15) is 0 Å². The number of fused-ring (bicyclic) bond motifs is 3. The number of para-hydroxylation sites is 1. The summed E-state index contributed by atoms with van der Waals surface area (Å²) in [6.07, 6.45) is 12.5. The van der Waals surface area contributed by atoms with Gasteiger partial charge >= 0.3 is 5.97 Å². The lowest BCUT2D eigenvalue weighted by Gasteiger charge is -2.38. The Hall–Kier alpha value is -3.57. The smallest absolute Gasteiger partial charge is 0.313 e. The van der Waals surface area contributed by atoms with E-state index in [1.807, 2.05) is 55.5 Å². The van der Waals surface area contributed by atoms with Gasteiger partial charge in [0.2, 0.25) is 5.91 Å². The predicted molar refractivity (Wildman–Crippen MR) is 153 cm³/mol. The van der Waals surface area contributed by atoms with E-state index in [0.29, 0.717) is 38.8 Å². The zero-order valence-electron chi connectivity index (χ0n) is 24.1. The molecule has 1 N–H and O–H groups in total. The van der Waals surface area contributed by atoms with Gasteiger partial charge in [0.05, 0.1) is 18.0 Å². The van der Waals surface area contributed by atoms with Crippen LogP contribution in [0.15, 0.2) is 48.6 Å². The standard InChI is InChI=1S/C31H39N5O6/c1-2-30-15-8-3-4-11-20-41-29(40)25(30)24-27(38)35(18-9-5-10-19-37)26-28(39)34(17-12-16-31(24,26)42-30)21-36-23-14-7-6-13-22(23)32-33-36/h6-8,12-16,24-26,37H,2-5,9-11,17-21H2,1H3/b15-8-/t24-,25-,26?,30+,31-/m0/s1. The Balaban J connectivity index is 1.41. The van der Waals surface area contributed by atoms with E-state index in [-0.39, 0.29) is 31.6 Å². The fourth-order valence-electron chi connectivity index (χ4n) is 7.21. The van der Waals surface area contributed by atoms with Crippen LogP contribution in [0.25, 0.3) is 11.0 Å². The minimum absolute atomic E-state index is 0.0631. The molecule has 0 saturated carbocycles. The van der Waals surface area contributed by atoms with Crippen molar-refractivity contribution in [1.82, 2.24) is 24.8 Å². The third-order valence-corrected chi connectivity index (χ3v) is 9.25. The Morgan fingerprint density at radius 1 is 1.02 bits per heavy atom. The van der Waals surface area contributed by atoms with Crippen LogP contribution in [0.4, 0.5) is 0 Å². The molecule has 0 radical (unpaired) electrons. The molecule has 6 rings (SSSR count). The molecule has 2 fully saturated rings. The highest BCUT2D eigenvalue weighted by Crippen LogP contribution is 2.58. The molecular formula is C31H39N5O6. The number of aliphatic hydroxyl groups excluding tert-OH is 1. The first-order valence-corrected chi connectivity index (χ1v) is 15.2. The van der Waals surface area contributed by atoms with Crippen molar-refractivity contribution in [2.24, 2.45) is 11.8 Å². The number of carbonyl (C=O) groups excluding carboxylic acids is 3. The van der Waals surface area contributed by atoms with Crippen LogP contribution < -0.4 is 0 Å². The number of cyclic esters (lactones) is 1. The maximum atomic E-state index is 14.6. The quantitative estimate of drug-likeness (QED) is 0.288. The second kappa shape index (κ2) is 11.6. The normalized spacial score (nSPS) is 32.0. The van der Waals surface area contributed by atoms with E-state index < -0.39 is 35.0 Å². The van der Waals surface area contributed by atoms with Gasteiger partial charge in [-0.05, 0) is 57.1 Å². The van der Waals surface area contributed by atoms with E-state index in [4.69, 9.17) is 9.47 Å². The number of carbonyl (C=O) groups is 3. The predicted octanol–water partition coefficient (Wildman–Crippen LogP) is 2.59. The highest BCUT2D eigenvalue weighted by atomic mass is 16.6. The summed E-state index contributed by atoms with van der Waals surface area (Å²) >= 11 is 0. The van der Waals surface area contributed by atoms with Gasteiger partial charge in [-0.3, -0.25) is 14.4 Å². The van der Waals surface area contributed by atoms with Gasteiger partial charge in [0.15, 0.2) is 0 Å². The summed E-state index contributed by atoms with van der Waals surface area (Å²) in [4.78, 5) is 46.0. The van der Waals surface area contributed by atoms with Gasteiger partial charge in [0, 0.05) is 19.7 Å². The first-order valence-electron chi connectivity index (χ1n) is 15.2. The molecule has 2 amide bonds. The molecule has 1 unspecified atom stereocenters. The number of hydrogen-bond donors (Lipinski definition) is 1. The van der Waals surface area contributed by atoms with Crippen LogP contribution in [0.2, 0.25) is 0 Å². The van der Waals surface area contributed by atoms with E-state index >= 15 is 0 Å². The summed E-state index contributed by atoms with van der Waals surface area (Å²) < 4.78 is 14.4. The van der Waals surface area contributed by atoms with Crippen molar-refractivity contribution in [2.45, 2.75) is 75.8 Å². The van der Waals surface area contributed by atoms with Crippen molar-refractivity contribution < 1.29 is 29.0 Å². The molecular weight excluding hydrogens is 538 g/mol. The summed E-state index contributed by atoms with van der Waals surface area (Å²) in [5.41, 5.74) is -0.874. The number of allylic oxidation sites excluding steroid dienone is 1. The Morgan fingerprint density at radius 2 is 1.88 bits per heavy atom. The van der Waals surface area contributed by atoms with Gasteiger partial charge < -0.3 is 24.4 Å². The van der Waals surface area contributed by atoms with Crippen molar-refractivity contribution in [1.29, 1.82) is 0 Å². The Morgan fingerprint density at radius 3 is 2.71 bits per heavy atom. The van der Waals surface area contributed by atoms with Crippen LogP contribution in [-0.2, 0) is 30.5 Å². The van der Waals surface area contributed by atoms with Gasteiger partial charge in [-0.15, -0.1) is 5.10 Å². The Labute approximate surface area is 245 Å². The molecule has 42 heavy (non-hydrogen) atoms. The molecule has 11 heteroatoms. The summed E-state index contributed by atoms with van der Waals surface area (Å²) in [6.45, 7) is 3.06. The van der Waals surface area contributed by atoms with Crippen LogP contribution in [-0.4, -0.2) is 91.2 Å². The van der Waals surface area contributed by atoms with E-state index in [9.17, 15) is 19.5 Å². The number of ether oxygens (including phenoxy) is 2. The van der Waals surface area contributed by atoms with Crippen molar-refractivity contribution in [3.05, 3.63) is 48.6 Å². The minimum atomic E-state index is -1.33. The number of rotatable bonds is 8. The van der Waals surface area contributed by atoms with E-state index in [1.54, 1.807) is 14.5 Å². The number of likely N-dealkylation sites (tertiary alicyclic amines) is 1. The largest absolute Gasteiger partial charge is 0.465 e. The van der Waals surface area contributed by atoms with Gasteiger partial charge in [-0.1, -0.05) is 48.6 Å². The summed E-state index contributed by atoms with van der Waals surface area (Å²) in [5, 5.41) is 17.8. The van der Waals surface area contributed by atoms with Gasteiger partial charge in [-0.25, -0.2) is 4.68 Å². The van der Waals surface area contributed by atoms with E-state index in [0.717, 1.165) is 30.3 Å². The highest BCUT2D eigenvalue weighted by molar-refractivity contribution is 5.99. The average Bonchev–Trinajstić information content (AvgIpc) is 3.57. The zero-order valence-corrected chi connectivity index (χ0v) is 24.1. The molecule has 1 aromatic carbocycles. The molecule has 4 aliphatic heterocycles. The van der Waals surface area contributed by atoms with E-state index in [1.165, 1.54) is 0 Å². The first kappa shape index (κ1) is 28.5. The lowest BCUT2D eigenvalue weighted by atomic mass is 9.73. The van der Waals surface area contributed by atoms with Gasteiger partial charge in [0.25, 0.3) is 5.91 Å². The molecule has 2 saturated heterocycles. The monoisotopic (exact) mass is 577 g/mol. The van der Waals surface area contributed by atoms with Crippen molar-refractivity contribution >= 4 is 28.8 Å². The molecule has 1 aromatic heterocycles. The number of hydrogen-bond acceptors (Lipinski definition) is 8. The number of aliphatic hydroxyl groups is 1. The number of benzene rings is 1. The lowest BCUT2D eigenvalue weighted by Crippen LogP contribution is -2.56. The topological polar surface area (TPSA) is 127 Å². The number of nitrogens with zero attached hydrogens (tertiary/aromatic N) is 5. The lowest BCUT2D eigenvalue weighted by molar-refractivity contribution is -0.161. The molecule has 5 heterocycles. The van der Waals surface area contributed by atoms with Crippen LogP contribution in [0.1, 0.15) is 51.9 Å². The number of aromatic nitrogens is 3. The molecule has 1 spiro atoms. The number of esters is 1. The third kappa shape index (κ3) is 4.63. The van der Waals surface area contributed by atoms with Crippen LogP contribution in [0.3, 0.4) is 0 Å². The van der Waals surface area contributed by atoms with E-state index in [2.05, 4.69) is 10.3 Å². The van der Waals surface area contributed by atoms with Crippen molar-refractivity contribution in [3.8, 4) is 0 Å². The zero-order chi connectivity index (χ0) is 29.3. The fraction of sp³-hybridized carbons (Fsp3) is 0.581. The Kier molecular flexibility index (Phi) is 7.89. The number of amides is 2. The third-order valence-electron chi connectivity index (χ3n) is 9.25. The summed E-state index contributed by atoms with van der Waals surface area (Å²) in [6, 6.07) is 6.60. The maximum absolute atomic E-state index is 14.6. The SMILES string of the molecule is CC[C@@]12/C=C\CCCCOC(=O)[C@@H]1[C@H]1C(=O)N(CCCCCO)C3C(=O)N(Cn4nnc5ccccc54)CC=C[C@@]31O2. The van der Waals surface area contributed by atoms with Crippen molar-refractivity contribution in [2.75, 3.05) is 26.3 Å². The van der Waals surface area contributed by atoms with Crippen molar-refractivity contribution in [3.63, 3.8) is 0 Å². The van der Waals surface area contributed by atoms with Gasteiger partial charge in [0.1, 0.15) is 35.3 Å². The molecule has 5 atom stereocenters. The fourth-order valence-corrected chi connectivity index (χ4v) is 7.21. The molecule has 0 aliphatic carbocycles. The maximum Gasteiger partial charge on any atom is 0.313 e. The first-order chi connectivity index (χ1) is 20.5. The number of unbranched alkanes of at least 4 members (excludes halogenated alkanes) is 2. The second-order valence-electron chi connectivity index (χ2n) is 11.7. The van der Waals surface area contributed by atoms with Crippen LogP contribution >= 0.6 is 0 Å². The molecule has 0 bridgehead atoms. The minimum Gasteiger partial charge on any atom is -0.465 e. The second-order valence-corrected chi connectivity index (χ2v) is 11.7. The summed E-state index contributed by atoms with van der Waals surface area (Å²) in [7, 11) is 0.